The van der Waals surface area contributed by atoms with Crippen molar-refractivity contribution in [3.8, 4) is 0 Å². The second-order valence-corrected chi connectivity index (χ2v) is 20.4. The van der Waals surface area contributed by atoms with Crippen LogP contribution in [0.15, 0.2) is 0 Å². The molecule has 0 bridgehead atoms. The molecule has 0 aromatic heterocycles. The van der Waals surface area contributed by atoms with Crippen molar-refractivity contribution in [2.75, 3.05) is 25.7 Å². The first kappa shape index (κ1) is 17.8. The van der Waals surface area contributed by atoms with E-state index >= 15 is 0 Å². The molecule has 5 heteroatoms. The van der Waals surface area contributed by atoms with Crippen molar-refractivity contribution < 1.29 is 0 Å². The van der Waals surface area contributed by atoms with Gasteiger partial charge in [0.15, 0.2) is 0 Å². The second kappa shape index (κ2) is 7.70. The molecule has 0 atom stereocenters. The Kier molecular flexibility index (Phi) is 7.22. The highest BCUT2D eigenvalue weighted by Crippen LogP contribution is 2.50. The molecule has 2 nitrogen and oxygen atoms in total. The van der Waals surface area contributed by atoms with Gasteiger partial charge >= 0.3 is 0 Å². The van der Waals surface area contributed by atoms with Gasteiger partial charge in [-0.05, 0) is 44.2 Å². The van der Waals surface area contributed by atoms with Crippen molar-refractivity contribution in [2.24, 2.45) is 0 Å². The Morgan fingerprint density at radius 2 is 1.26 bits per heavy atom. The van der Waals surface area contributed by atoms with Gasteiger partial charge in [0, 0.05) is 0 Å². The van der Waals surface area contributed by atoms with Crippen LogP contribution in [0.25, 0.3) is 0 Å². The molecule has 0 aliphatic heterocycles. The maximum absolute atomic E-state index is 3.66. The van der Waals surface area contributed by atoms with Crippen LogP contribution in [0.5, 0.6) is 0 Å². The fraction of sp³-hybridized carbons (Fsp3) is 1.00. The van der Waals surface area contributed by atoms with Crippen LogP contribution >= 0.6 is 7.92 Å². The number of hydrogen-bond acceptors (Lipinski definition) is 2. The molecule has 19 heavy (non-hydrogen) atoms. The minimum absolute atomic E-state index is 0.232. The maximum Gasteiger partial charge on any atom is 0.123 e. The summed E-state index contributed by atoms with van der Waals surface area (Å²) in [5.74, 6) is 3.06. The van der Waals surface area contributed by atoms with Gasteiger partial charge in [-0.2, -0.15) is 0 Å². The van der Waals surface area contributed by atoms with E-state index in [0.717, 1.165) is 5.66 Å². The quantitative estimate of drug-likeness (QED) is 0.552. The van der Waals surface area contributed by atoms with Crippen LogP contribution in [0.1, 0.15) is 32.1 Å². The Hall–Kier alpha value is 0.784. The first-order valence-electron chi connectivity index (χ1n) is 7.91. The zero-order chi connectivity index (χ0) is 14.5. The summed E-state index contributed by atoms with van der Waals surface area (Å²) in [5.41, 5.74) is 1.07. The van der Waals surface area contributed by atoms with E-state index in [9.17, 15) is 0 Å². The number of hydrogen-bond donors (Lipinski definition) is 2. The predicted octanol–water partition coefficient (Wildman–Crippen LogP) is 3.73. The molecular weight excluding hydrogens is 283 g/mol. The summed E-state index contributed by atoms with van der Waals surface area (Å²) in [6.45, 7) is 10.1. The fourth-order valence-corrected chi connectivity index (χ4v) is 16.9. The van der Waals surface area contributed by atoms with Crippen molar-refractivity contribution in [3.63, 3.8) is 0 Å². The van der Waals surface area contributed by atoms with E-state index in [1.807, 2.05) is 0 Å². The molecule has 1 rings (SSSR count). The van der Waals surface area contributed by atoms with Crippen LogP contribution < -0.4 is 9.96 Å². The van der Waals surface area contributed by atoms with Gasteiger partial charge < -0.3 is 9.96 Å². The minimum atomic E-state index is -1.16. The summed E-state index contributed by atoms with van der Waals surface area (Å²) in [4.78, 5) is 7.33. The minimum Gasteiger partial charge on any atom is -0.340 e. The van der Waals surface area contributed by atoms with E-state index in [4.69, 9.17) is 0 Å². The smallest absolute Gasteiger partial charge is 0.123 e. The highest BCUT2D eigenvalue weighted by atomic mass is 31.1. The SMILES string of the molecule is CN[Si](C)(C)CP(C[Si](C)(C)NC)C1CCCCC1. The lowest BCUT2D eigenvalue weighted by Crippen LogP contribution is -2.50. The molecule has 0 spiro atoms. The molecule has 0 aromatic carbocycles. The molecule has 0 radical (unpaired) electrons. The number of rotatable bonds is 7. The Labute approximate surface area is 124 Å². The average Bonchev–Trinajstić information content (AvgIpc) is 2.38. The van der Waals surface area contributed by atoms with Gasteiger partial charge in [-0.1, -0.05) is 45.5 Å². The Bertz CT molecular complexity index is 248. The van der Waals surface area contributed by atoms with E-state index in [0.29, 0.717) is 0 Å². The maximum atomic E-state index is 3.66. The van der Waals surface area contributed by atoms with Crippen LogP contribution in [0.4, 0.5) is 0 Å². The van der Waals surface area contributed by atoms with E-state index < -0.39 is 16.5 Å². The second-order valence-electron chi connectivity index (χ2n) is 7.46. The van der Waals surface area contributed by atoms with Crippen molar-refractivity contribution in [3.05, 3.63) is 0 Å². The van der Waals surface area contributed by atoms with Crippen molar-refractivity contribution in [1.82, 2.24) is 9.96 Å². The third kappa shape index (κ3) is 6.39. The molecule has 1 saturated carbocycles. The summed E-state index contributed by atoms with van der Waals surface area (Å²) in [6, 6.07) is 0. The third-order valence-corrected chi connectivity index (χ3v) is 18.5. The molecule has 0 heterocycles. The van der Waals surface area contributed by atoms with E-state index in [1.54, 1.807) is 0 Å². The predicted molar refractivity (Wildman–Crippen MR) is 96.6 cm³/mol. The molecule has 0 amide bonds. The zero-order valence-electron chi connectivity index (χ0n) is 14.0. The van der Waals surface area contributed by atoms with Crippen LogP contribution in [-0.4, -0.2) is 47.8 Å². The van der Waals surface area contributed by atoms with Crippen molar-refractivity contribution >= 4 is 24.4 Å². The van der Waals surface area contributed by atoms with Crippen LogP contribution in [0, 0.1) is 0 Å². The van der Waals surface area contributed by atoms with Gasteiger partial charge in [-0.15, -0.1) is 7.92 Å². The van der Waals surface area contributed by atoms with Gasteiger partial charge in [0.25, 0.3) is 0 Å². The van der Waals surface area contributed by atoms with E-state index in [1.165, 1.54) is 43.7 Å². The molecule has 1 aliphatic rings. The van der Waals surface area contributed by atoms with Gasteiger partial charge in [-0.3, -0.25) is 0 Å². The van der Waals surface area contributed by atoms with Crippen molar-refractivity contribution in [1.29, 1.82) is 0 Å². The first-order chi connectivity index (χ1) is 8.79. The Morgan fingerprint density at radius 3 is 1.63 bits per heavy atom. The highest BCUT2D eigenvalue weighted by Gasteiger charge is 2.34. The van der Waals surface area contributed by atoms with Crippen molar-refractivity contribution in [2.45, 2.75) is 64.0 Å². The molecule has 0 unspecified atom stereocenters. The molecule has 1 fully saturated rings. The molecule has 0 saturated heterocycles. The van der Waals surface area contributed by atoms with E-state index in [2.05, 4.69) is 50.2 Å². The lowest BCUT2D eigenvalue weighted by Gasteiger charge is -2.39. The van der Waals surface area contributed by atoms with Gasteiger partial charge in [0.05, 0.1) is 0 Å². The van der Waals surface area contributed by atoms with Gasteiger partial charge in [0.2, 0.25) is 0 Å². The van der Waals surface area contributed by atoms with Crippen LogP contribution in [0.2, 0.25) is 26.2 Å². The van der Waals surface area contributed by atoms with Crippen LogP contribution in [-0.2, 0) is 0 Å². The fourth-order valence-electron chi connectivity index (χ4n) is 2.93. The lowest BCUT2D eigenvalue weighted by atomic mass is 10.0. The van der Waals surface area contributed by atoms with Gasteiger partial charge in [0.1, 0.15) is 16.5 Å². The summed E-state index contributed by atoms with van der Waals surface area (Å²) in [6.07, 6.45) is 7.51. The number of nitrogens with one attached hydrogen (secondary N) is 2. The monoisotopic (exact) mass is 318 g/mol. The molecule has 1 aliphatic carbocycles. The Morgan fingerprint density at radius 1 is 0.842 bits per heavy atom. The van der Waals surface area contributed by atoms with E-state index in [-0.39, 0.29) is 7.92 Å². The topological polar surface area (TPSA) is 24.1 Å². The van der Waals surface area contributed by atoms with Crippen LogP contribution in [0.3, 0.4) is 0 Å². The molecule has 2 N–H and O–H groups in total. The zero-order valence-corrected chi connectivity index (χ0v) is 16.9. The molecule has 0 aromatic rings. The molecule has 114 valence electrons. The summed E-state index contributed by atoms with van der Waals surface area (Å²) >= 11 is 0. The standard InChI is InChI=1S/C14H35N2PSi2/c1-15-18(3,4)12-17(13-19(5,6)16-2)14-10-8-7-9-11-14/h14-16H,7-13H2,1-6H3. The molecular formula is C14H35N2PSi2. The third-order valence-electron chi connectivity index (χ3n) is 4.64. The Balaban J connectivity index is 2.71. The largest absolute Gasteiger partial charge is 0.340 e. The highest BCUT2D eigenvalue weighted by molar-refractivity contribution is 7.63. The lowest BCUT2D eigenvalue weighted by molar-refractivity contribution is 0.511. The summed E-state index contributed by atoms with van der Waals surface area (Å²) < 4.78 is 0. The first-order valence-corrected chi connectivity index (χ1v) is 16.1. The van der Waals surface area contributed by atoms with Gasteiger partial charge in [-0.25, -0.2) is 0 Å². The average molecular weight is 319 g/mol. The summed E-state index contributed by atoms with van der Waals surface area (Å²) in [5, 5.41) is 0. The summed E-state index contributed by atoms with van der Waals surface area (Å²) in [7, 11) is 2.27. The normalized spacial score (nSPS) is 19.1.